The molecule has 0 aliphatic heterocycles. The largest absolute Gasteiger partial charge is 0.484 e. The van der Waals surface area contributed by atoms with Gasteiger partial charge in [-0.05, 0) is 57.0 Å². The molecule has 5 nitrogen and oxygen atoms in total. The van der Waals surface area contributed by atoms with Crippen LogP contribution in [0, 0.1) is 6.92 Å². The lowest BCUT2D eigenvalue weighted by molar-refractivity contribution is -0.142. The van der Waals surface area contributed by atoms with Crippen LogP contribution < -0.4 is 10.1 Å². The fourth-order valence-corrected chi connectivity index (χ4v) is 3.07. The van der Waals surface area contributed by atoms with Crippen LogP contribution in [0.25, 0.3) is 0 Å². The van der Waals surface area contributed by atoms with Gasteiger partial charge in [0.25, 0.3) is 5.91 Å². The van der Waals surface area contributed by atoms with Crippen LogP contribution in [0.15, 0.2) is 42.5 Å². The Kier molecular flexibility index (Phi) is 9.00. The van der Waals surface area contributed by atoms with Crippen molar-refractivity contribution < 1.29 is 14.3 Å². The van der Waals surface area contributed by atoms with Crippen LogP contribution in [0.2, 0.25) is 10.0 Å². The van der Waals surface area contributed by atoms with Crippen LogP contribution in [0.1, 0.15) is 38.3 Å². The summed E-state index contributed by atoms with van der Waals surface area (Å²) in [6, 6.07) is 11.9. The zero-order valence-electron chi connectivity index (χ0n) is 17.7. The molecule has 0 bridgehead atoms. The summed E-state index contributed by atoms with van der Waals surface area (Å²) in [5, 5.41) is 3.76. The summed E-state index contributed by atoms with van der Waals surface area (Å²) >= 11 is 12.1. The number of nitrogens with one attached hydrogen (secondary N) is 1. The van der Waals surface area contributed by atoms with Crippen molar-refractivity contribution in [3.8, 4) is 5.75 Å². The maximum absolute atomic E-state index is 13.0. The van der Waals surface area contributed by atoms with Gasteiger partial charge in [0.05, 0.1) is 10.0 Å². The number of amides is 2. The molecule has 7 heteroatoms. The van der Waals surface area contributed by atoms with E-state index in [4.69, 9.17) is 27.9 Å². The van der Waals surface area contributed by atoms with Crippen LogP contribution in [0.5, 0.6) is 5.75 Å². The van der Waals surface area contributed by atoms with Gasteiger partial charge in [-0.15, -0.1) is 0 Å². The Bertz CT molecular complexity index is 871. The minimum absolute atomic E-state index is 0.0192. The molecular weight excluding hydrogens is 423 g/mol. The summed E-state index contributed by atoms with van der Waals surface area (Å²) in [6.07, 6.45) is 0.801. The van der Waals surface area contributed by atoms with E-state index in [1.807, 2.05) is 45.0 Å². The van der Waals surface area contributed by atoms with Crippen LogP contribution in [0.3, 0.4) is 0 Å². The van der Waals surface area contributed by atoms with E-state index in [-0.39, 0.29) is 31.0 Å². The van der Waals surface area contributed by atoms with Crippen molar-refractivity contribution in [2.45, 2.75) is 52.7 Å². The number of hydrogen-bond donors (Lipinski definition) is 1. The van der Waals surface area contributed by atoms with Gasteiger partial charge in [0.1, 0.15) is 11.8 Å². The molecule has 162 valence electrons. The molecule has 1 N–H and O–H groups in total. The molecule has 2 atom stereocenters. The van der Waals surface area contributed by atoms with E-state index in [0.29, 0.717) is 15.8 Å². The molecule has 2 rings (SSSR count). The number of aryl methyl sites for hydroxylation is 1. The second kappa shape index (κ2) is 11.2. The lowest BCUT2D eigenvalue weighted by Crippen LogP contribution is -2.50. The van der Waals surface area contributed by atoms with Crippen LogP contribution in [-0.4, -0.2) is 35.4 Å². The minimum atomic E-state index is -0.678. The highest BCUT2D eigenvalue weighted by molar-refractivity contribution is 6.42. The monoisotopic (exact) mass is 450 g/mol. The van der Waals surface area contributed by atoms with Gasteiger partial charge in [0.15, 0.2) is 6.61 Å². The number of hydrogen-bond acceptors (Lipinski definition) is 3. The minimum Gasteiger partial charge on any atom is -0.484 e. The third-order valence-electron chi connectivity index (χ3n) is 4.89. The molecule has 0 saturated heterocycles. The Balaban J connectivity index is 2.17. The molecule has 0 radical (unpaired) electrons. The number of halogens is 2. The highest BCUT2D eigenvalue weighted by atomic mass is 35.5. The number of nitrogens with zero attached hydrogens (tertiary/aromatic N) is 1. The van der Waals surface area contributed by atoms with Crippen molar-refractivity contribution in [1.82, 2.24) is 10.2 Å². The molecule has 0 aliphatic carbocycles. The summed E-state index contributed by atoms with van der Waals surface area (Å²) in [5.41, 5.74) is 1.88. The van der Waals surface area contributed by atoms with E-state index in [0.717, 1.165) is 17.5 Å². The Hall–Kier alpha value is -2.24. The molecule has 0 saturated carbocycles. The van der Waals surface area contributed by atoms with Crippen molar-refractivity contribution in [2.24, 2.45) is 0 Å². The third-order valence-corrected chi connectivity index (χ3v) is 5.63. The van der Waals surface area contributed by atoms with Crippen LogP contribution in [0.4, 0.5) is 0 Å². The number of carbonyl (C=O) groups excluding carboxylic acids is 2. The standard InChI is InChI=1S/C23H28Cl2N2O3/c1-5-16(3)26-23(29)17(4)27(13-18-8-11-20(24)21(25)12-18)22(28)14-30-19-9-6-15(2)7-10-19/h6-12,16-17H,5,13-14H2,1-4H3,(H,26,29)/t16-,17-/m0/s1. The predicted octanol–water partition coefficient (Wildman–Crippen LogP) is 5.01. The predicted molar refractivity (Wildman–Crippen MR) is 121 cm³/mol. The van der Waals surface area contributed by atoms with Gasteiger partial charge >= 0.3 is 0 Å². The van der Waals surface area contributed by atoms with Gasteiger partial charge in [-0.3, -0.25) is 9.59 Å². The fraction of sp³-hybridized carbons (Fsp3) is 0.391. The first-order valence-electron chi connectivity index (χ1n) is 9.94. The Morgan fingerprint density at radius 2 is 1.73 bits per heavy atom. The normalized spacial score (nSPS) is 12.7. The number of ether oxygens (including phenoxy) is 1. The lowest BCUT2D eigenvalue weighted by atomic mass is 10.1. The van der Waals surface area contributed by atoms with E-state index in [1.54, 1.807) is 25.1 Å². The Morgan fingerprint density at radius 1 is 1.07 bits per heavy atom. The Morgan fingerprint density at radius 3 is 2.33 bits per heavy atom. The average molecular weight is 451 g/mol. The van der Waals surface area contributed by atoms with Gasteiger partial charge < -0.3 is 15.0 Å². The lowest BCUT2D eigenvalue weighted by Gasteiger charge is -2.29. The van der Waals surface area contributed by atoms with Gasteiger partial charge in [0, 0.05) is 12.6 Å². The van der Waals surface area contributed by atoms with Crippen molar-refractivity contribution in [1.29, 1.82) is 0 Å². The molecule has 0 unspecified atom stereocenters. The van der Waals surface area contributed by atoms with Crippen molar-refractivity contribution >= 4 is 35.0 Å². The fourth-order valence-electron chi connectivity index (χ4n) is 2.75. The van der Waals surface area contributed by atoms with E-state index in [2.05, 4.69) is 5.32 Å². The van der Waals surface area contributed by atoms with E-state index >= 15 is 0 Å². The molecule has 0 aromatic heterocycles. The zero-order valence-corrected chi connectivity index (χ0v) is 19.3. The molecule has 0 heterocycles. The highest BCUT2D eigenvalue weighted by Gasteiger charge is 2.27. The van der Waals surface area contributed by atoms with E-state index < -0.39 is 6.04 Å². The molecule has 2 aromatic rings. The first-order valence-corrected chi connectivity index (χ1v) is 10.7. The highest BCUT2D eigenvalue weighted by Crippen LogP contribution is 2.24. The molecular formula is C23H28Cl2N2O3. The quantitative estimate of drug-likeness (QED) is 0.583. The molecule has 0 aliphatic rings. The summed E-state index contributed by atoms with van der Waals surface area (Å²) < 4.78 is 5.65. The third kappa shape index (κ3) is 6.92. The first kappa shape index (κ1) is 24.0. The van der Waals surface area contributed by atoms with Gasteiger partial charge in [-0.25, -0.2) is 0 Å². The SMILES string of the molecule is CC[C@H](C)NC(=O)[C@H](C)N(Cc1ccc(Cl)c(Cl)c1)C(=O)COc1ccc(C)cc1. The van der Waals surface area contributed by atoms with Gasteiger partial charge in [0.2, 0.25) is 5.91 Å². The summed E-state index contributed by atoms with van der Waals surface area (Å²) in [7, 11) is 0. The van der Waals surface area contributed by atoms with Crippen LogP contribution >= 0.6 is 23.2 Å². The van der Waals surface area contributed by atoms with Crippen molar-refractivity contribution in [2.75, 3.05) is 6.61 Å². The molecule has 30 heavy (non-hydrogen) atoms. The van der Waals surface area contributed by atoms with Gasteiger partial charge in [-0.2, -0.15) is 0 Å². The topological polar surface area (TPSA) is 58.6 Å². The summed E-state index contributed by atoms with van der Waals surface area (Å²) in [4.78, 5) is 27.2. The average Bonchev–Trinajstić information content (AvgIpc) is 2.73. The van der Waals surface area contributed by atoms with Gasteiger partial charge in [-0.1, -0.05) is 53.9 Å². The summed E-state index contributed by atoms with van der Waals surface area (Å²) in [5.74, 6) is 0.0849. The smallest absolute Gasteiger partial charge is 0.261 e. The van der Waals surface area contributed by atoms with Crippen molar-refractivity contribution in [3.05, 3.63) is 63.6 Å². The summed E-state index contributed by atoms with van der Waals surface area (Å²) in [6.45, 7) is 7.64. The maximum atomic E-state index is 13.0. The number of rotatable bonds is 9. The molecule has 0 fully saturated rings. The Labute approximate surface area is 188 Å². The second-order valence-corrected chi connectivity index (χ2v) is 8.18. The van der Waals surface area contributed by atoms with E-state index in [9.17, 15) is 9.59 Å². The van der Waals surface area contributed by atoms with Crippen molar-refractivity contribution in [3.63, 3.8) is 0 Å². The number of carbonyl (C=O) groups is 2. The molecule has 2 amide bonds. The maximum Gasteiger partial charge on any atom is 0.261 e. The second-order valence-electron chi connectivity index (χ2n) is 7.37. The number of benzene rings is 2. The zero-order chi connectivity index (χ0) is 22.3. The first-order chi connectivity index (χ1) is 14.2. The molecule has 2 aromatic carbocycles. The molecule has 0 spiro atoms. The van der Waals surface area contributed by atoms with E-state index in [1.165, 1.54) is 4.90 Å². The van der Waals surface area contributed by atoms with Crippen LogP contribution in [-0.2, 0) is 16.1 Å².